The topological polar surface area (TPSA) is 36.3 Å². The van der Waals surface area contributed by atoms with Gasteiger partial charge >= 0.3 is 0 Å². The van der Waals surface area contributed by atoms with Crippen LogP contribution in [0.1, 0.15) is 26.7 Å². The van der Waals surface area contributed by atoms with Crippen molar-refractivity contribution in [2.75, 3.05) is 19.7 Å². The minimum absolute atomic E-state index is 0.0733. The van der Waals surface area contributed by atoms with Gasteiger partial charge in [-0.3, -0.25) is 4.90 Å². The molecule has 1 fully saturated rings. The van der Waals surface area contributed by atoms with Crippen LogP contribution >= 0.6 is 0 Å². The van der Waals surface area contributed by atoms with Crippen molar-refractivity contribution in [3.05, 3.63) is 0 Å². The van der Waals surface area contributed by atoms with Crippen molar-refractivity contribution in [1.82, 2.24) is 4.90 Å². The molecule has 1 rings (SSSR count). The Kier molecular flexibility index (Phi) is 4.20. The second-order valence-corrected chi connectivity index (χ2v) is 3.58. The van der Waals surface area contributed by atoms with Crippen LogP contribution in [0.15, 0.2) is 0 Å². The van der Waals surface area contributed by atoms with Gasteiger partial charge in [0, 0.05) is 19.7 Å². The van der Waals surface area contributed by atoms with Crippen LogP contribution in [0, 0.1) is 11.3 Å². The van der Waals surface area contributed by atoms with E-state index in [9.17, 15) is 0 Å². The molecule has 0 amide bonds. The van der Waals surface area contributed by atoms with Crippen molar-refractivity contribution < 1.29 is 4.74 Å². The van der Waals surface area contributed by atoms with Crippen molar-refractivity contribution in [2.45, 2.75) is 38.8 Å². The fraction of sp³-hybridized carbons (Fsp3) is 0.900. The maximum absolute atomic E-state index is 8.92. The van der Waals surface area contributed by atoms with Gasteiger partial charge in [-0.15, -0.1) is 0 Å². The van der Waals surface area contributed by atoms with Crippen LogP contribution in [0.5, 0.6) is 0 Å². The van der Waals surface area contributed by atoms with Crippen molar-refractivity contribution in [1.29, 1.82) is 5.26 Å². The van der Waals surface area contributed by atoms with Crippen LogP contribution in [-0.2, 0) is 4.74 Å². The molecule has 0 spiro atoms. The molecule has 0 saturated carbocycles. The van der Waals surface area contributed by atoms with Crippen LogP contribution in [0.25, 0.3) is 0 Å². The number of hydrogen-bond donors (Lipinski definition) is 0. The molecule has 3 heteroatoms. The Labute approximate surface area is 80.3 Å². The van der Waals surface area contributed by atoms with Gasteiger partial charge in [-0.2, -0.15) is 5.26 Å². The summed E-state index contributed by atoms with van der Waals surface area (Å²) in [5.41, 5.74) is 0. The molecule has 1 heterocycles. The number of nitrogens with zero attached hydrogens (tertiary/aromatic N) is 2. The molecule has 0 aliphatic carbocycles. The molecule has 1 aliphatic heterocycles. The minimum atomic E-state index is 0.0733. The first kappa shape index (κ1) is 10.5. The summed E-state index contributed by atoms with van der Waals surface area (Å²) in [6.45, 7) is 6.86. The van der Waals surface area contributed by atoms with Gasteiger partial charge < -0.3 is 4.74 Å². The van der Waals surface area contributed by atoms with Crippen LogP contribution in [0.3, 0.4) is 0 Å². The van der Waals surface area contributed by atoms with E-state index in [0.717, 1.165) is 32.5 Å². The highest BCUT2D eigenvalue weighted by atomic mass is 16.5. The predicted molar refractivity (Wildman–Crippen MR) is 51.3 cm³/mol. The van der Waals surface area contributed by atoms with E-state index in [0.29, 0.717) is 0 Å². The Morgan fingerprint density at radius 1 is 1.69 bits per heavy atom. The molecule has 74 valence electrons. The van der Waals surface area contributed by atoms with Crippen molar-refractivity contribution in [2.24, 2.45) is 0 Å². The molecule has 13 heavy (non-hydrogen) atoms. The summed E-state index contributed by atoms with van der Waals surface area (Å²) < 4.78 is 5.52. The average molecular weight is 182 g/mol. The molecular formula is C10H18N2O. The molecule has 0 bridgehead atoms. The zero-order valence-electron chi connectivity index (χ0n) is 8.49. The standard InChI is InChI=1S/C10H18N2O/c1-3-10(7-11)12-5-4-6-13-9(2)8-12/h9-10H,3-6,8H2,1-2H3. The summed E-state index contributed by atoms with van der Waals surface area (Å²) in [4.78, 5) is 2.23. The molecule has 0 N–H and O–H groups in total. The quantitative estimate of drug-likeness (QED) is 0.647. The maximum Gasteiger partial charge on any atom is 0.0976 e. The van der Waals surface area contributed by atoms with Gasteiger partial charge in [-0.1, -0.05) is 6.92 Å². The molecule has 2 atom stereocenters. The van der Waals surface area contributed by atoms with Gasteiger partial charge in [-0.05, 0) is 19.8 Å². The summed E-state index contributed by atoms with van der Waals surface area (Å²) >= 11 is 0. The van der Waals surface area contributed by atoms with Gasteiger partial charge in [-0.25, -0.2) is 0 Å². The highest BCUT2D eigenvalue weighted by molar-refractivity contribution is 4.91. The fourth-order valence-electron chi connectivity index (χ4n) is 1.74. The Morgan fingerprint density at radius 3 is 3.08 bits per heavy atom. The lowest BCUT2D eigenvalue weighted by molar-refractivity contribution is 0.0642. The minimum Gasteiger partial charge on any atom is -0.377 e. The lowest BCUT2D eigenvalue weighted by Crippen LogP contribution is -2.38. The van der Waals surface area contributed by atoms with Crippen LogP contribution in [-0.4, -0.2) is 36.7 Å². The van der Waals surface area contributed by atoms with Gasteiger partial charge in [0.15, 0.2) is 0 Å². The summed E-state index contributed by atoms with van der Waals surface area (Å²) in [5, 5.41) is 8.92. The van der Waals surface area contributed by atoms with E-state index in [4.69, 9.17) is 10.00 Å². The largest absolute Gasteiger partial charge is 0.377 e. The van der Waals surface area contributed by atoms with E-state index in [1.165, 1.54) is 0 Å². The molecule has 0 aromatic rings. The second-order valence-electron chi connectivity index (χ2n) is 3.58. The lowest BCUT2D eigenvalue weighted by Gasteiger charge is -2.25. The molecular weight excluding hydrogens is 164 g/mol. The van der Waals surface area contributed by atoms with E-state index in [1.54, 1.807) is 0 Å². The molecule has 0 aromatic heterocycles. The first-order chi connectivity index (χ1) is 6.27. The summed E-state index contributed by atoms with van der Waals surface area (Å²) in [6, 6.07) is 2.41. The number of hydrogen-bond acceptors (Lipinski definition) is 3. The zero-order chi connectivity index (χ0) is 9.68. The summed E-state index contributed by atoms with van der Waals surface area (Å²) in [5.74, 6) is 0. The number of nitriles is 1. The fourth-order valence-corrected chi connectivity index (χ4v) is 1.74. The maximum atomic E-state index is 8.92. The third-order valence-electron chi connectivity index (χ3n) is 2.46. The monoisotopic (exact) mass is 182 g/mol. The SMILES string of the molecule is CCC(C#N)N1CCCOC(C)C1. The normalized spacial score (nSPS) is 27.6. The second kappa shape index (κ2) is 5.21. The van der Waals surface area contributed by atoms with Gasteiger partial charge in [0.1, 0.15) is 0 Å². The van der Waals surface area contributed by atoms with E-state index in [-0.39, 0.29) is 12.1 Å². The third kappa shape index (κ3) is 2.98. The Hall–Kier alpha value is -0.590. The first-order valence-electron chi connectivity index (χ1n) is 5.03. The molecule has 0 radical (unpaired) electrons. The molecule has 3 nitrogen and oxygen atoms in total. The Morgan fingerprint density at radius 2 is 2.46 bits per heavy atom. The molecule has 0 aromatic carbocycles. The highest BCUT2D eigenvalue weighted by Crippen LogP contribution is 2.10. The van der Waals surface area contributed by atoms with Crippen LogP contribution < -0.4 is 0 Å². The lowest BCUT2D eigenvalue weighted by atomic mass is 10.2. The predicted octanol–water partition coefficient (Wildman–Crippen LogP) is 1.40. The zero-order valence-corrected chi connectivity index (χ0v) is 8.49. The van der Waals surface area contributed by atoms with Crippen molar-refractivity contribution in [3.63, 3.8) is 0 Å². The van der Waals surface area contributed by atoms with Crippen LogP contribution in [0.2, 0.25) is 0 Å². The van der Waals surface area contributed by atoms with Gasteiger partial charge in [0.25, 0.3) is 0 Å². The van der Waals surface area contributed by atoms with Gasteiger partial charge in [0.05, 0.1) is 18.2 Å². The summed E-state index contributed by atoms with van der Waals surface area (Å²) in [6.07, 6.45) is 2.22. The number of ether oxygens (including phenoxy) is 1. The Bertz CT molecular complexity index is 188. The Balaban J connectivity index is 2.51. The third-order valence-corrected chi connectivity index (χ3v) is 2.46. The molecule has 1 saturated heterocycles. The smallest absolute Gasteiger partial charge is 0.0976 e. The van der Waals surface area contributed by atoms with E-state index in [2.05, 4.69) is 24.8 Å². The van der Waals surface area contributed by atoms with Gasteiger partial charge in [0.2, 0.25) is 0 Å². The number of rotatable bonds is 2. The highest BCUT2D eigenvalue weighted by Gasteiger charge is 2.20. The van der Waals surface area contributed by atoms with Crippen molar-refractivity contribution >= 4 is 0 Å². The van der Waals surface area contributed by atoms with E-state index >= 15 is 0 Å². The van der Waals surface area contributed by atoms with E-state index < -0.39 is 0 Å². The summed E-state index contributed by atoms with van der Waals surface area (Å²) in [7, 11) is 0. The van der Waals surface area contributed by atoms with Crippen molar-refractivity contribution in [3.8, 4) is 6.07 Å². The molecule has 1 aliphatic rings. The first-order valence-corrected chi connectivity index (χ1v) is 5.03. The van der Waals surface area contributed by atoms with E-state index in [1.807, 2.05) is 0 Å². The average Bonchev–Trinajstić information content (AvgIpc) is 2.32. The molecule has 2 unspecified atom stereocenters. The van der Waals surface area contributed by atoms with Crippen LogP contribution in [0.4, 0.5) is 0 Å².